The number of rotatable bonds is 4. The van der Waals surface area contributed by atoms with Gasteiger partial charge in [-0.3, -0.25) is 4.79 Å². The molecule has 1 unspecified atom stereocenters. The van der Waals surface area contributed by atoms with E-state index < -0.39 is 0 Å². The number of carbonyl (C=O) groups excluding carboxylic acids is 1. The number of carbonyl (C=O) groups is 1. The number of aromatic nitrogens is 1. The van der Waals surface area contributed by atoms with Crippen molar-refractivity contribution in [1.82, 2.24) is 10.3 Å². The lowest BCUT2D eigenvalue weighted by atomic mass is 10.1. The molecule has 0 radical (unpaired) electrons. The van der Waals surface area contributed by atoms with E-state index in [-0.39, 0.29) is 24.3 Å². The number of hydrogen-bond acceptors (Lipinski definition) is 6. The molecule has 0 aromatic carbocycles. The lowest BCUT2D eigenvalue weighted by Crippen LogP contribution is -2.42. The molecule has 20 heavy (non-hydrogen) atoms. The fraction of sp³-hybridized carbons (Fsp3) is 0.500. The van der Waals surface area contributed by atoms with E-state index in [1.807, 2.05) is 0 Å². The normalized spacial score (nSPS) is 18.9. The van der Waals surface area contributed by atoms with Gasteiger partial charge in [-0.05, 0) is 12.8 Å². The molecule has 0 aliphatic carbocycles. The molecule has 1 saturated heterocycles. The van der Waals surface area contributed by atoms with Crippen LogP contribution in [0.1, 0.15) is 22.5 Å². The van der Waals surface area contributed by atoms with E-state index in [0.717, 1.165) is 31.1 Å². The molecule has 6 nitrogen and oxygen atoms in total. The lowest BCUT2D eigenvalue weighted by Gasteiger charge is -2.30. The summed E-state index contributed by atoms with van der Waals surface area (Å²) < 4.78 is 0. The van der Waals surface area contributed by atoms with E-state index in [1.165, 1.54) is 11.3 Å². The maximum absolute atomic E-state index is 12.0. The summed E-state index contributed by atoms with van der Waals surface area (Å²) in [6.45, 7) is 5.36. The van der Waals surface area contributed by atoms with E-state index in [1.54, 1.807) is 0 Å². The molecule has 0 saturated carbocycles. The highest BCUT2D eigenvalue weighted by molar-refractivity contribution is 7.18. The molecule has 1 atom stereocenters. The molecular weight excluding hydrogens is 298 g/mol. The van der Waals surface area contributed by atoms with Crippen LogP contribution in [0.3, 0.4) is 0 Å². The predicted octanol–water partition coefficient (Wildman–Crippen LogP) is 1.14. The number of nitrogens with two attached hydrogens (primary N) is 2. The monoisotopic (exact) mass is 315 g/mol. The molecule has 0 bridgehead atoms. The van der Waals surface area contributed by atoms with Gasteiger partial charge in [-0.2, -0.15) is 0 Å². The van der Waals surface area contributed by atoms with Crippen LogP contribution in [-0.4, -0.2) is 36.6 Å². The van der Waals surface area contributed by atoms with Crippen LogP contribution in [0.25, 0.3) is 0 Å². The number of nitrogens with one attached hydrogen (secondary N) is 1. The van der Waals surface area contributed by atoms with E-state index >= 15 is 0 Å². The van der Waals surface area contributed by atoms with Crippen molar-refractivity contribution < 1.29 is 4.79 Å². The van der Waals surface area contributed by atoms with Crippen LogP contribution in [-0.2, 0) is 0 Å². The first-order valence-corrected chi connectivity index (χ1v) is 7.55. The quantitative estimate of drug-likeness (QED) is 0.774. The first-order valence-electron chi connectivity index (χ1n) is 6.35. The Balaban J connectivity index is 2.08. The second-order valence-corrected chi connectivity index (χ2v) is 6.27. The van der Waals surface area contributed by atoms with Crippen LogP contribution < -0.4 is 21.7 Å². The zero-order valence-corrected chi connectivity index (χ0v) is 12.6. The predicted molar refractivity (Wildman–Crippen MR) is 83.3 cm³/mol. The first-order chi connectivity index (χ1) is 9.47. The van der Waals surface area contributed by atoms with Gasteiger partial charge in [0.1, 0.15) is 10.7 Å². The van der Waals surface area contributed by atoms with Gasteiger partial charge < -0.3 is 21.7 Å². The first kappa shape index (κ1) is 15.1. The van der Waals surface area contributed by atoms with Crippen molar-refractivity contribution in [1.29, 1.82) is 0 Å². The second-order valence-electron chi connectivity index (χ2n) is 4.76. The number of nitrogens with zero attached hydrogens (tertiary/aromatic N) is 2. The van der Waals surface area contributed by atoms with Gasteiger partial charge >= 0.3 is 0 Å². The molecule has 8 heteroatoms. The molecule has 1 aromatic heterocycles. The van der Waals surface area contributed by atoms with Crippen molar-refractivity contribution in [3.63, 3.8) is 0 Å². The Hall–Kier alpha value is -1.31. The number of piperidine rings is 1. The van der Waals surface area contributed by atoms with Gasteiger partial charge in [0.2, 0.25) is 0 Å². The van der Waals surface area contributed by atoms with Crippen molar-refractivity contribution in [2.45, 2.75) is 18.9 Å². The van der Waals surface area contributed by atoms with Crippen LogP contribution >= 0.6 is 22.9 Å². The summed E-state index contributed by atoms with van der Waals surface area (Å²) in [4.78, 5) is 18.7. The van der Waals surface area contributed by atoms with Gasteiger partial charge in [-0.15, -0.1) is 0 Å². The van der Waals surface area contributed by atoms with E-state index in [4.69, 9.17) is 23.1 Å². The highest BCUT2D eigenvalue weighted by Gasteiger charge is 2.23. The summed E-state index contributed by atoms with van der Waals surface area (Å²) in [6.07, 6.45) is 2.04. The number of halogens is 1. The van der Waals surface area contributed by atoms with Crippen LogP contribution in [0.15, 0.2) is 11.6 Å². The average molecular weight is 316 g/mol. The third kappa shape index (κ3) is 3.62. The number of nitrogen functional groups attached to an aromatic ring is 1. The number of hydrogen-bond donors (Lipinski definition) is 3. The topological polar surface area (TPSA) is 97.3 Å². The maximum atomic E-state index is 12.0. The SMILES string of the molecule is C=C(Cl)CNC(=O)c1sc(N2CCCC(N)C2)nc1N. The van der Waals surface area contributed by atoms with Crippen molar-refractivity contribution in [2.24, 2.45) is 5.73 Å². The Kier molecular flexibility index (Phi) is 4.85. The third-order valence-corrected chi connectivity index (χ3v) is 4.28. The summed E-state index contributed by atoms with van der Waals surface area (Å²) in [7, 11) is 0. The summed E-state index contributed by atoms with van der Waals surface area (Å²) in [5.41, 5.74) is 11.8. The molecule has 1 aliphatic rings. The molecule has 1 amide bonds. The van der Waals surface area contributed by atoms with Crippen LogP contribution in [0, 0.1) is 0 Å². The fourth-order valence-electron chi connectivity index (χ4n) is 2.06. The summed E-state index contributed by atoms with van der Waals surface area (Å²) in [6, 6.07) is 0.144. The van der Waals surface area contributed by atoms with Crippen LogP contribution in [0.5, 0.6) is 0 Å². The number of thiazole rings is 1. The van der Waals surface area contributed by atoms with Gasteiger partial charge in [0, 0.05) is 24.2 Å². The van der Waals surface area contributed by atoms with E-state index in [9.17, 15) is 4.79 Å². The molecule has 110 valence electrons. The molecule has 2 heterocycles. The lowest BCUT2D eigenvalue weighted by molar-refractivity contribution is 0.0962. The Morgan fingerprint density at radius 3 is 3.05 bits per heavy atom. The molecule has 2 rings (SSSR count). The van der Waals surface area contributed by atoms with Crippen molar-refractivity contribution >= 4 is 39.8 Å². The van der Waals surface area contributed by atoms with Crippen molar-refractivity contribution in [3.05, 3.63) is 16.5 Å². The van der Waals surface area contributed by atoms with Crippen molar-refractivity contribution in [2.75, 3.05) is 30.3 Å². The highest BCUT2D eigenvalue weighted by Crippen LogP contribution is 2.29. The van der Waals surface area contributed by atoms with E-state index in [2.05, 4.69) is 21.8 Å². The highest BCUT2D eigenvalue weighted by atomic mass is 35.5. The fourth-order valence-corrected chi connectivity index (χ4v) is 3.06. The van der Waals surface area contributed by atoms with Gasteiger partial charge in [0.15, 0.2) is 5.13 Å². The summed E-state index contributed by atoms with van der Waals surface area (Å²) >= 11 is 6.89. The second kappa shape index (κ2) is 6.43. The van der Waals surface area contributed by atoms with Gasteiger partial charge in [0.05, 0.1) is 6.54 Å². The minimum absolute atomic E-state index is 0.144. The Labute approximate surface area is 126 Å². The molecule has 1 aromatic rings. The maximum Gasteiger partial charge on any atom is 0.265 e. The molecular formula is C12H18ClN5OS. The Bertz CT molecular complexity index is 518. The zero-order chi connectivity index (χ0) is 14.7. The van der Waals surface area contributed by atoms with Crippen LogP contribution in [0.2, 0.25) is 0 Å². The van der Waals surface area contributed by atoms with Gasteiger partial charge in [-0.25, -0.2) is 4.98 Å². The molecule has 1 fully saturated rings. The van der Waals surface area contributed by atoms with Gasteiger partial charge in [-0.1, -0.05) is 29.5 Å². The molecule has 5 N–H and O–H groups in total. The molecule has 1 aliphatic heterocycles. The average Bonchev–Trinajstić information content (AvgIpc) is 2.78. The minimum Gasteiger partial charge on any atom is -0.382 e. The standard InChI is InChI=1S/C12H18ClN5OS/c1-7(13)5-16-11(19)9-10(15)17-12(20-9)18-4-2-3-8(14)6-18/h8H,1-6,14-15H2,(H,16,19). The minimum atomic E-state index is -0.283. The summed E-state index contributed by atoms with van der Waals surface area (Å²) in [5, 5.41) is 3.75. The Morgan fingerprint density at radius 1 is 1.65 bits per heavy atom. The third-order valence-electron chi connectivity index (χ3n) is 3.02. The van der Waals surface area contributed by atoms with E-state index in [0.29, 0.717) is 9.91 Å². The summed E-state index contributed by atoms with van der Waals surface area (Å²) in [5.74, 6) is -0.0452. The number of amides is 1. The van der Waals surface area contributed by atoms with Gasteiger partial charge in [0.25, 0.3) is 5.91 Å². The largest absolute Gasteiger partial charge is 0.382 e. The molecule has 0 spiro atoms. The van der Waals surface area contributed by atoms with Crippen molar-refractivity contribution in [3.8, 4) is 0 Å². The number of anilines is 2. The smallest absolute Gasteiger partial charge is 0.265 e. The van der Waals surface area contributed by atoms with Crippen LogP contribution in [0.4, 0.5) is 10.9 Å². The zero-order valence-electron chi connectivity index (χ0n) is 11.1. The Morgan fingerprint density at radius 2 is 2.40 bits per heavy atom.